The summed E-state index contributed by atoms with van der Waals surface area (Å²) in [4.78, 5) is 0. The van der Waals surface area contributed by atoms with Crippen LogP contribution >= 0.6 is 9.47 Å². The molecule has 0 fully saturated rings. The molecule has 2 aromatic carbocycles. The maximum absolute atomic E-state index is 12.6. The van der Waals surface area contributed by atoms with E-state index in [1.807, 2.05) is 24.3 Å². The molecule has 0 radical (unpaired) electrons. The van der Waals surface area contributed by atoms with Crippen molar-refractivity contribution in [1.82, 2.24) is 0 Å². The summed E-state index contributed by atoms with van der Waals surface area (Å²) >= 11 is 0. The van der Waals surface area contributed by atoms with Crippen molar-refractivity contribution in [3.8, 4) is 5.75 Å². The lowest BCUT2D eigenvalue weighted by Gasteiger charge is -2.04. The minimum atomic E-state index is -0.419. The molecular formula is C12H9FNOP. The zero-order chi connectivity index (χ0) is 11.4. The second kappa shape index (κ2) is 4.83. The molecule has 0 heterocycles. The normalized spacial score (nSPS) is 9.38. The first-order valence-electron chi connectivity index (χ1n) is 4.61. The van der Waals surface area contributed by atoms with Crippen molar-refractivity contribution in [2.24, 2.45) is 0 Å². The minimum absolute atomic E-state index is 0.419. The van der Waals surface area contributed by atoms with Crippen LogP contribution in [0.3, 0.4) is 0 Å². The molecule has 0 aromatic heterocycles. The molecule has 80 valence electrons. The van der Waals surface area contributed by atoms with Crippen LogP contribution in [-0.2, 0) is 0 Å². The summed E-state index contributed by atoms with van der Waals surface area (Å²) < 4.78 is 17.6. The zero-order valence-corrected chi connectivity index (χ0v) is 9.48. The number of hydrogen-bond acceptors (Lipinski definition) is 2. The summed E-state index contributed by atoms with van der Waals surface area (Å²) in [6.45, 7) is 0. The first kappa shape index (κ1) is 10.7. The van der Waals surface area contributed by atoms with Crippen LogP contribution in [0.4, 0.5) is 15.8 Å². The maximum Gasteiger partial charge on any atom is 0.173 e. The molecule has 0 amide bonds. The van der Waals surface area contributed by atoms with Crippen molar-refractivity contribution in [3.63, 3.8) is 0 Å². The average Bonchev–Trinajstić information content (AvgIpc) is 2.33. The summed E-state index contributed by atoms with van der Waals surface area (Å²) in [6.07, 6.45) is 0. The van der Waals surface area contributed by atoms with E-state index in [0.717, 1.165) is 11.4 Å². The largest absolute Gasteiger partial charge is 0.480 e. The second-order valence-electron chi connectivity index (χ2n) is 3.11. The van der Waals surface area contributed by atoms with Crippen molar-refractivity contribution in [1.29, 1.82) is 0 Å². The Bertz CT molecular complexity index is 455. The standard InChI is InChI=1S/C12H9FNOP/c13-9-1-3-10(4-2-9)14-11-5-7-12(15-16)8-6-11/h1,3,5-8,14H,16H2. The summed E-state index contributed by atoms with van der Waals surface area (Å²) in [5.74, 6) is 0.336. The Hall–Kier alpha value is -1.78. The first-order valence-corrected chi connectivity index (χ1v) is 5.08. The van der Waals surface area contributed by atoms with Gasteiger partial charge in [-0.2, -0.15) is 4.39 Å². The number of nitrogens with one attached hydrogen (secondary N) is 1. The van der Waals surface area contributed by atoms with E-state index in [-0.39, 0.29) is 0 Å². The first-order chi connectivity index (χ1) is 7.78. The lowest BCUT2D eigenvalue weighted by atomic mass is 10.3. The van der Waals surface area contributed by atoms with Crippen molar-refractivity contribution in [3.05, 3.63) is 54.3 Å². The highest BCUT2D eigenvalue weighted by Gasteiger charge is 1.95. The Kier molecular flexibility index (Phi) is 3.24. The number of halogens is 1. The summed E-state index contributed by atoms with van der Waals surface area (Å²) in [5, 5.41) is 3.07. The second-order valence-corrected chi connectivity index (χ2v) is 3.35. The maximum atomic E-state index is 12.6. The highest BCUT2D eigenvalue weighted by molar-refractivity contribution is 7.10. The highest BCUT2D eigenvalue weighted by atomic mass is 31.0. The number of rotatable bonds is 3. The van der Waals surface area contributed by atoms with E-state index in [0.29, 0.717) is 5.69 Å². The van der Waals surface area contributed by atoms with E-state index in [2.05, 4.69) is 26.9 Å². The molecule has 0 saturated carbocycles. The lowest BCUT2D eigenvalue weighted by molar-refractivity contribution is 0.629. The fraction of sp³-hybridized carbons (Fsp3) is 0. The van der Waals surface area contributed by atoms with Crippen molar-refractivity contribution >= 4 is 20.8 Å². The smallest absolute Gasteiger partial charge is 0.173 e. The van der Waals surface area contributed by atoms with Crippen LogP contribution in [-0.4, -0.2) is 0 Å². The fourth-order valence-electron chi connectivity index (χ4n) is 1.21. The van der Waals surface area contributed by atoms with E-state index >= 15 is 0 Å². The molecule has 16 heavy (non-hydrogen) atoms. The van der Waals surface area contributed by atoms with Gasteiger partial charge in [-0.25, -0.2) is 0 Å². The summed E-state index contributed by atoms with van der Waals surface area (Å²) in [7, 11) is 2.18. The number of hydrogen-bond donors (Lipinski definition) is 1. The molecule has 4 heteroatoms. The molecule has 0 aliphatic carbocycles. The molecule has 1 atom stereocenters. The lowest BCUT2D eigenvalue weighted by Crippen LogP contribution is -1.88. The SMILES string of the molecule is Fc1c#cc(Nc2ccc(OP)cc2)cc1. The molecule has 2 rings (SSSR count). The van der Waals surface area contributed by atoms with Gasteiger partial charge in [0, 0.05) is 5.69 Å². The molecule has 0 aliphatic heterocycles. The van der Waals surface area contributed by atoms with Crippen LogP contribution in [0, 0.1) is 17.9 Å². The van der Waals surface area contributed by atoms with Crippen molar-refractivity contribution in [2.75, 3.05) is 5.32 Å². The van der Waals surface area contributed by atoms with Gasteiger partial charge in [0.25, 0.3) is 0 Å². The monoisotopic (exact) mass is 233 g/mol. The van der Waals surface area contributed by atoms with E-state index in [1.165, 1.54) is 6.07 Å². The van der Waals surface area contributed by atoms with E-state index in [9.17, 15) is 4.39 Å². The quantitative estimate of drug-likeness (QED) is 0.821. The van der Waals surface area contributed by atoms with E-state index < -0.39 is 5.82 Å². The fourth-order valence-corrected chi connectivity index (χ4v) is 1.37. The van der Waals surface area contributed by atoms with Gasteiger partial charge in [0.2, 0.25) is 0 Å². The van der Waals surface area contributed by atoms with E-state index in [4.69, 9.17) is 4.52 Å². The Morgan fingerprint density at radius 2 is 1.81 bits per heavy atom. The average molecular weight is 233 g/mol. The van der Waals surface area contributed by atoms with Gasteiger partial charge < -0.3 is 9.84 Å². The molecule has 0 bridgehead atoms. The van der Waals surface area contributed by atoms with Gasteiger partial charge in [-0.3, -0.25) is 0 Å². The van der Waals surface area contributed by atoms with Gasteiger partial charge in [0.05, 0.1) is 15.2 Å². The summed E-state index contributed by atoms with van der Waals surface area (Å²) in [5.41, 5.74) is 1.54. The van der Waals surface area contributed by atoms with Gasteiger partial charge in [-0.05, 0) is 48.5 Å². The van der Waals surface area contributed by atoms with Crippen LogP contribution in [0.2, 0.25) is 0 Å². The van der Waals surface area contributed by atoms with Gasteiger partial charge >= 0.3 is 0 Å². The number of anilines is 2. The molecule has 1 unspecified atom stereocenters. The van der Waals surface area contributed by atoms with Crippen LogP contribution in [0.5, 0.6) is 5.75 Å². The predicted molar refractivity (Wildman–Crippen MR) is 64.1 cm³/mol. The summed E-state index contributed by atoms with van der Waals surface area (Å²) in [6, 6.07) is 15.3. The number of benzene rings is 1. The molecule has 0 aliphatic rings. The minimum Gasteiger partial charge on any atom is -0.480 e. The van der Waals surface area contributed by atoms with Crippen LogP contribution in [0.25, 0.3) is 0 Å². The molecule has 0 spiro atoms. The van der Waals surface area contributed by atoms with Crippen LogP contribution < -0.4 is 9.84 Å². The van der Waals surface area contributed by atoms with Crippen molar-refractivity contribution < 1.29 is 8.91 Å². The zero-order valence-electron chi connectivity index (χ0n) is 8.33. The third kappa shape index (κ3) is 2.62. The third-order valence-corrected chi connectivity index (χ3v) is 2.25. The Morgan fingerprint density at radius 3 is 2.38 bits per heavy atom. The Morgan fingerprint density at radius 1 is 1.06 bits per heavy atom. The van der Waals surface area contributed by atoms with Gasteiger partial charge in [0.1, 0.15) is 5.75 Å². The van der Waals surface area contributed by atoms with Gasteiger partial charge in [-0.15, -0.1) is 0 Å². The highest BCUT2D eigenvalue weighted by Crippen LogP contribution is 2.19. The Balaban J connectivity index is 2.11. The molecule has 2 nitrogen and oxygen atoms in total. The third-order valence-electron chi connectivity index (χ3n) is 1.98. The predicted octanol–water partition coefficient (Wildman–Crippen LogP) is 3.34. The topological polar surface area (TPSA) is 21.3 Å². The molecule has 2 aromatic rings. The van der Waals surface area contributed by atoms with Gasteiger partial charge in [-0.1, -0.05) is 0 Å². The molecule has 0 saturated heterocycles. The van der Waals surface area contributed by atoms with Crippen LogP contribution in [0.15, 0.2) is 36.4 Å². The van der Waals surface area contributed by atoms with Crippen molar-refractivity contribution in [2.45, 2.75) is 0 Å². The van der Waals surface area contributed by atoms with Crippen LogP contribution in [0.1, 0.15) is 0 Å². The van der Waals surface area contributed by atoms with Gasteiger partial charge in [0.15, 0.2) is 5.82 Å². The Labute approximate surface area is 95.7 Å². The molecular weight excluding hydrogens is 224 g/mol. The molecule has 1 N–H and O–H groups in total. The van der Waals surface area contributed by atoms with E-state index in [1.54, 1.807) is 6.07 Å².